The number of amides is 1. The second-order valence-electron chi connectivity index (χ2n) is 5.05. The predicted octanol–water partition coefficient (Wildman–Crippen LogP) is 1.70. The zero-order chi connectivity index (χ0) is 16.1. The minimum absolute atomic E-state index is 0.103. The van der Waals surface area contributed by atoms with Gasteiger partial charge >= 0.3 is 0 Å². The summed E-state index contributed by atoms with van der Waals surface area (Å²) in [6.45, 7) is 2.30. The molecular weight excluding hydrogens is 296 g/mol. The molecule has 1 amide bonds. The summed E-state index contributed by atoms with van der Waals surface area (Å²) in [4.78, 5) is 22.4. The van der Waals surface area contributed by atoms with Gasteiger partial charge in [0, 0.05) is 24.8 Å². The number of hydrogen-bond acceptors (Lipinski definition) is 6. The summed E-state index contributed by atoms with van der Waals surface area (Å²) in [5.74, 6) is 1.25. The van der Waals surface area contributed by atoms with Crippen molar-refractivity contribution >= 4 is 17.4 Å². The molecule has 0 unspecified atom stereocenters. The van der Waals surface area contributed by atoms with Gasteiger partial charge in [0.2, 0.25) is 0 Å². The first kappa shape index (κ1) is 15.2. The van der Waals surface area contributed by atoms with E-state index in [4.69, 9.17) is 9.47 Å². The Bertz CT molecular complexity index is 669. The molecule has 1 fully saturated rings. The number of benzene rings is 1. The topological polar surface area (TPSA) is 76.6 Å². The van der Waals surface area contributed by atoms with Gasteiger partial charge in [0.15, 0.2) is 0 Å². The smallest absolute Gasteiger partial charge is 0.272 e. The summed E-state index contributed by atoms with van der Waals surface area (Å²) in [7, 11) is 1.62. The molecule has 1 saturated heterocycles. The number of aromatic nitrogens is 2. The summed E-state index contributed by atoms with van der Waals surface area (Å²) in [5.41, 5.74) is 1.23. The lowest BCUT2D eigenvalue weighted by Crippen LogP contribution is -2.41. The molecule has 1 aromatic heterocycles. The summed E-state index contributed by atoms with van der Waals surface area (Å²) >= 11 is 0. The van der Waals surface area contributed by atoms with E-state index in [1.807, 2.05) is 24.3 Å². The van der Waals surface area contributed by atoms with Crippen molar-refractivity contribution in [1.29, 1.82) is 0 Å². The molecule has 2 aromatic rings. The molecule has 3 rings (SSSR count). The lowest BCUT2D eigenvalue weighted by molar-refractivity contribution is 0.0299. The van der Waals surface area contributed by atoms with E-state index >= 15 is 0 Å². The average Bonchev–Trinajstić information content (AvgIpc) is 2.63. The Morgan fingerprint density at radius 3 is 2.65 bits per heavy atom. The molecule has 1 aliphatic rings. The molecule has 1 aliphatic heterocycles. The standard InChI is InChI=1S/C16H18N4O3/c1-22-13-4-2-12(3-5-13)19-15-10-14(17-11-18-15)16(21)20-6-8-23-9-7-20/h2-5,10-11H,6-9H2,1H3,(H,17,18,19). The molecule has 1 aromatic carbocycles. The maximum Gasteiger partial charge on any atom is 0.272 e. The fourth-order valence-electron chi connectivity index (χ4n) is 2.29. The monoisotopic (exact) mass is 314 g/mol. The van der Waals surface area contributed by atoms with E-state index in [-0.39, 0.29) is 5.91 Å². The number of methoxy groups -OCH3 is 1. The van der Waals surface area contributed by atoms with E-state index in [0.29, 0.717) is 37.8 Å². The van der Waals surface area contributed by atoms with Gasteiger partial charge in [-0.2, -0.15) is 0 Å². The highest BCUT2D eigenvalue weighted by Crippen LogP contribution is 2.19. The highest BCUT2D eigenvalue weighted by molar-refractivity contribution is 5.93. The van der Waals surface area contributed by atoms with E-state index in [0.717, 1.165) is 11.4 Å². The van der Waals surface area contributed by atoms with Crippen molar-refractivity contribution in [1.82, 2.24) is 14.9 Å². The molecule has 7 heteroatoms. The van der Waals surface area contributed by atoms with Gasteiger partial charge in [-0.25, -0.2) is 9.97 Å². The van der Waals surface area contributed by atoms with Crippen molar-refractivity contribution in [3.63, 3.8) is 0 Å². The van der Waals surface area contributed by atoms with Gasteiger partial charge < -0.3 is 19.7 Å². The van der Waals surface area contributed by atoms with Gasteiger partial charge in [0.25, 0.3) is 5.91 Å². The number of morpholine rings is 1. The maximum atomic E-state index is 12.4. The van der Waals surface area contributed by atoms with Gasteiger partial charge in [-0.15, -0.1) is 0 Å². The van der Waals surface area contributed by atoms with Gasteiger partial charge in [-0.1, -0.05) is 0 Å². The Hall–Kier alpha value is -2.67. The SMILES string of the molecule is COc1ccc(Nc2cc(C(=O)N3CCOCC3)ncn2)cc1. The third-order valence-corrected chi connectivity index (χ3v) is 3.55. The maximum absolute atomic E-state index is 12.4. The van der Waals surface area contributed by atoms with Crippen LogP contribution >= 0.6 is 0 Å². The van der Waals surface area contributed by atoms with Crippen molar-refractivity contribution in [3.05, 3.63) is 42.4 Å². The van der Waals surface area contributed by atoms with Crippen LogP contribution in [0.3, 0.4) is 0 Å². The van der Waals surface area contributed by atoms with Gasteiger partial charge in [0.05, 0.1) is 20.3 Å². The molecule has 120 valence electrons. The first-order chi connectivity index (χ1) is 11.3. The van der Waals surface area contributed by atoms with Gasteiger partial charge in [0.1, 0.15) is 23.6 Å². The van der Waals surface area contributed by atoms with E-state index in [9.17, 15) is 4.79 Å². The molecule has 0 bridgehead atoms. The Morgan fingerprint density at radius 1 is 1.22 bits per heavy atom. The first-order valence-corrected chi connectivity index (χ1v) is 7.36. The fourth-order valence-corrected chi connectivity index (χ4v) is 2.29. The molecule has 23 heavy (non-hydrogen) atoms. The largest absolute Gasteiger partial charge is 0.497 e. The Balaban J connectivity index is 1.72. The number of nitrogens with zero attached hydrogens (tertiary/aromatic N) is 3. The highest BCUT2D eigenvalue weighted by atomic mass is 16.5. The van der Waals surface area contributed by atoms with Crippen LogP contribution in [0.15, 0.2) is 36.7 Å². The normalized spacial score (nSPS) is 14.4. The van der Waals surface area contributed by atoms with Crippen LogP contribution < -0.4 is 10.1 Å². The van der Waals surface area contributed by atoms with Crippen molar-refractivity contribution in [2.75, 3.05) is 38.7 Å². The number of anilines is 2. The van der Waals surface area contributed by atoms with Gasteiger partial charge in [-0.3, -0.25) is 4.79 Å². The second-order valence-corrected chi connectivity index (χ2v) is 5.05. The molecule has 2 heterocycles. The van der Waals surface area contributed by atoms with Crippen LogP contribution in [0.5, 0.6) is 5.75 Å². The van der Waals surface area contributed by atoms with E-state index in [1.165, 1.54) is 6.33 Å². The number of ether oxygens (including phenoxy) is 2. The second kappa shape index (κ2) is 7.06. The number of rotatable bonds is 4. The summed E-state index contributed by atoms with van der Waals surface area (Å²) in [6, 6.07) is 9.11. The van der Waals surface area contributed by atoms with Crippen molar-refractivity contribution < 1.29 is 14.3 Å². The van der Waals surface area contributed by atoms with Crippen LogP contribution in [0.2, 0.25) is 0 Å². The van der Waals surface area contributed by atoms with Crippen molar-refractivity contribution in [2.45, 2.75) is 0 Å². The fraction of sp³-hybridized carbons (Fsp3) is 0.312. The summed E-state index contributed by atoms with van der Waals surface area (Å²) in [5, 5.41) is 3.15. The minimum atomic E-state index is -0.103. The van der Waals surface area contributed by atoms with Crippen molar-refractivity contribution in [3.8, 4) is 5.75 Å². The summed E-state index contributed by atoms with van der Waals surface area (Å²) in [6.07, 6.45) is 1.39. The zero-order valence-corrected chi connectivity index (χ0v) is 12.9. The zero-order valence-electron chi connectivity index (χ0n) is 12.9. The molecule has 7 nitrogen and oxygen atoms in total. The molecule has 0 saturated carbocycles. The average molecular weight is 314 g/mol. The summed E-state index contributed by atoms with van der Waals surface area (Å²) < 4.78 is 10.4. The number of nitrogens with one attached hydrogen (secondary N) is 1. The van der Waals surface area contributed by atoms with Crippen LogP contribution in [-0.2, 0) is 4.74 Å². The lowest BCUT2D eigenvalue weighted by atomic mass is 10.3. The van der Waals surface area contributed by atoms with Crippen LogP contribution in [0.1, 0.15) is 10.5 Å². The quantitative estimate of drug-likeness (QED) is 0.925. The Kier molecular flexibility index (Phi) is 4.68. The van der Waals surface area contributed by atoms with E-state index < -0.39 is 0 Å². The molecular formula is C16H18N4O3. The van der Waals surface area contributed by atoms with E-state index in [1.54, 1.807) is 18.1 Å². The molecule has 0 spiro atoms. The number of carbonyl (C=O) groups excluding carboxylic acids is 1. The first-order valence-electron chi connectivity index (χ1n) is 7.36. The van der Waals surface area contributed by atoms with Crippen LogP contribution in [-0.4, -0.2) is 54.2 Å². The third kappa shape index (κ3) is 3.75. The lowest BCUT2D eigenvalue weighted by Gasteiger charge is -2.26. The third-order valence-electron chi connectivity index (χ3n) is 3.55. The van der Waals surface area contributed by atoms with E-state index in [2.05, 4.69) is 15.3 Å². The van der Waals surface area contributed by atoms with Crippen LogP contribution in [0.25, 0.3) is 0 Å². The predicted molar refractivity (Wildman–Crippen MR) is 85.0 cm³/mol. The number of carbonyl (C=O) groups is 1. The highest BCUT2D eigenvalue weighted by Gasteiger charge is 2.20. The molecule has 1 N–H and O–H groups in total. The van der Waals surface area contributed by atoms with Crippen molar-refractivity contribution in [2.24, 2.45) is 0 Å². The minimum Gasteiger partial charge on any atom is -0.497 e. The van der Waals surface area contributed by atoms with Crippen LogP contribution in [0, 0.1) is 0 Å². The molecule has 0 atom stereocenters. The Morgan fingerprint density at radius 2 is 1.96 bits per heavy atom. The van der Waals surface area contributed by atoms with Crippen LogP contribution in [0.4, 0.5) is 11.5 Å². The Labute approximate surface area is 134 Å². The number of hydrogen-bond donors (Lipinski definition) is 1. The molecule has 0 aliphatic carbocycles. The molecule has 0 radical (unpaired) electrons. The van der Waals surface area contributed by atoms with Gasteiger partial charge in [-0.05, 0) is 24.3 Å².